The topological polar surface area (TPSA) is 55.4 Å². The van der Waals surface area contributed by atoms with Crippen molar-refractivity contribution in [3.05, 3.63) is 57.0 Å². The van der Waals surface area contributed by atoms with Gasteiger partial charge in [-0.15, -0.1) is 23.1 Å². The van der Waals surface area contributed by atoms with E-state index in [0.29, 0.717) is 10.1 Å². The van der Waals surface area contributed by atoms with E-state index in [1.165, 1.54) is 35.2 Å². The quantitative estimate of drug-likeness (QED) is 0.703. The summed E-state index contributed by atoms with van der Waals surface area (Å²) in [5.74, 6) is -0.340. The molecule has 0 aliphatic rings. The van der Waals surface area contributed by atoms with Gasteiger partial charge in [0.05, 0.1) is 10.1 Å². The highest BCUT2D eigenvalue weighted by Gasteiger charge is 2.08. The summed E-state index contributed by atoms with van der Waals surface area (Å²) in [6.07, 6.45) is 0. The fourth-order valence-electron chi connectivity index (χ4n) is 1.71. The molecule has 1 aromatic carbocycles. The Morgan fingerprint density at radius 1 is 1.21 bits per heavy atom. The Morgan fingerprint density at radius 3 is 2.62 bits per heavy atom. The van der Waals surface area contributed by atoms with Crippen molar-refractivity contribution in [3.63, 3.8) is 0 Å². The first-order valence-corrected chi connectivity index (χ1v) is 9.36. The third-order valence-electron chi connectivity index (χ3n) is 2.86. The standard InChI is InChI=1S/C16H15ClFNO3S2/c17-14-6-5-13(24-14)9-23-10-16(21)22-8-15(20)19-7-11-1-3-12(18)4-2-11/h1-6H,7-10H2,(H,19,20). The van der Waals surface area contributed by atoms with Crippen molar-refractivity contribution in [3.8, 4) is 0 Å². The van der Waals surface area contributed by atoms with Crippen molar-refractivity contribution in [1.82, 2.24) is 5.32 Å². The third-order valence-corrected chi connectivity index (χ3v) is 5.23. The number of halogens is 2. The molecule has 1 N–H and O–H groups in total. The van der Waals surface area contributed by atoms with E-state index in [0.717, 1.165) is 10.4 Å². The number of rotatable bonds is 8. The predicted octanol–water partition coefficient (Wildman–Crippen LogP) is 3.63. The molecule has 24 heavy (non-hydrogen) atoms. The summed E-state index contributed by atoms with van der Waals surface area (Å²) < 4.78 is 18.4. The van der Waals surface area contributed by atoms with Crippen molar-refractivity contribution in [1.29, 1.82) is 0 Å². The van der Waals surface area contributed by atoms with Crippen LogP contribution in [0.3, 0.4) is 0 Å². The van der Waals surface area contributed by atoms with Gasteiger partial charge in [0.25, 0.3) is 5.91 Å². The minimum absolute atomic E-state index is 0.167. The van der Waals surface area contributed by atoms with Gasteiger partial charge in [0.1, 0.15) is 5.82 Å². The highest BCUT2D eigenvalue weighted by atomic mass is 35.5. The highest BCUT2D eigenvalue weighted by molar-refractivity contribution is 7.99. The Kier molecular flexibility index (Phi) is 7.55. The second kappa shape index (κ2) is 9.66. The maximum Gasteiger partial charge on any atom is 0.316 e. The number of hydrogen-bond donors (Lipinski definition) is 1. The van der Waals surface area contributed by atoms with Gasteiger partial charge in [-0.05, 0) is 29.8 Å². The SMILES string of the molecule is O=C(COC(=O)CSCc1ccc(Cl)s1)NCc1ccc(F)cc1. The van der Waals surface area contributed by atoms with Gasteiger partial charge in [-0.3, -0.25) is 9.59 Å². The van der Waals surface area contributed by atoms with Crippen molar-refractivity contribution in [2.24, 2.45) is 0 Å². The van der Waals surface area contributed by atoms with Crippen LogP contribution in [0, 0.1) is 5.82 Å². The second-order valence-corrected chi connectivity index (χ2v) is 7.55. The summed E-state index contributed by atoms with van der Waals surface area (Å²) in [7, 11) is 0. The maximum absolute atomic E-state index is 12.8. The van der Waals surface area contributed by atoms with Crippen LogP contribution in [0.5, 0.6) is 0 Å². The molecule has 1 amide bonds. The first-order chi connectivity index (χ1) is 11.5. The van der Waals surface area contributed by atoms with Crippen LogP contribution in [-0.2, 0) is 26.6 Å². The first-order valence-electron chi connectivity index (χ1n) is 7.01. The van der Waals surface area contributed by atoms with Gasteiger partial charge in [0.2, 0.25) is 0 Å². The lowest BCUT2D eigenvalue weighted by Crippen LogP contribution is -2.28. The van der Waals surface area contributed by atoms with E-state index in [1.807, 2.05) is 12.1 Å². The lowest BCUT2D eigenvalue weighted by molar-refractivity contribution is -0.145. The van der Waals surface area contributed by atoms with Gasteiger partial charge in [0.15, 0.2) is 6.61 Å². The molecule has 0 aliphatic carbocycles. The zero-order valence-electron chi connectivity index (χ0n) is 12.6. The molecule has 128 valence electrons. The van der Waals surface area contributed by atoms with Gasteiger partial charge in [0, 0.05) is 17.2 Å². The Labute approximate surface area is 152 Å². The van der Waals surface area contributed by atoms with Crippen molar-refractivity contribution in [2.75, 3.05) is 12.4 Å². The predicted molar refractivity (Wildman–Crippen MR) is 94.7 cm³/mol. The fourth-order valence-corrected chi connectivity index (χ4v) is 3.72. The zero-order chi connectivity index (χ0) is 17.4. The van der Waals surface area contributed by atoms with Crippen LogP contribution in [0.15, 0.2) is 36.4 Å². The highest BCUT2D eigenvalue weighted by Crippen LogP contribution is 2.25. The molecular weight excluding hydrogens is 373 g/mol. The average molecular weight is 388 g/mol. The van der Waals surface area contributed by atoms with Crippen LogP contribution >= 0.6 is 34.7 Å². The molecule has 8 heteroatoms. The van der Waals surface area contributed by atoms with E-state index in [9.17, 15) is 14.0 Å². The van der Waals surface area contributed by atoms with Crippen LogP contribution < -0.4 is 5.32 Å². The summed E-state index contributed by atoms with van der Waals surface area (Å²) >= 11 is 8.69. The number of hydrogen-bond acceptors (Lipinski definition) is 5. The molecular formula is C16H15ClFNO3S2. The van der Waals surface area contributed by atoms with Crippen LogP contribution in [0.2, 0.25) is 4.34 Å². The molecule has 0 saturated heterocycles. The third kappa shape index (κ3) is 6.90. The van der Waals surface area contributed by atoms with E-state index in [-0.39, 0.29) is 24.7 Å². The second-order valence-electron chi connectivity index (χ2n) is 4.76. The number of thioether (sulfide) groups is 1. The normalized spacial score (nSPS) is 10.4. The Morgan fingerprint density at radius 2 is 1.96 bits per heavy atom. The maximum atomic E-state index is 12.8. The van der Waals surface area contributed by atoms with Crippen LogP contribution in [0.1, 0.15) is 10.4 Å². The fraction of sp³-hybridized carbons (Fsp3) is 0.250. The zero-order valence-corrected chi connectivity index (χ0v) is 15.0. The van der Waals surface area contributed by atoms with E-state index in [1.54, 1.807) is 12.1 Å². The van der Waals surface area contributed by atoms with Gasteiger partial charge in [-0.1, -0.05) is 23.7 Å². The van der Waals surface area contributed by atoms with E-state index >= 15 is 0 Å². The van der Waals surface area contributed by atoms with Gasteiger partial charge >= 0.3 is 5.97 Å². The van der Waals surface area contributed by atoms with Crippen molar-refractivity contribution < 1.29 is 18.7 Å². The molecule has 2 aromatic rings. The summed E-state index contributed by atoms with van der Waals surface area (Å²) in [6, 6.07) is 9.52. The van der Waals surface area contributed by atoms with Crippen LogP contribution in [-0.4, -0.2) is 24.2 Å². The monoisotopic (exact) mass is 387 g/mol. The molecule has 0 bridgehead atoms. The molecule has 4 nitrogen and oxygen atoms in total. The number of ether oxygens (including phenoxy) is 1. The summed E-state index contributed by atoms with van der Waals surface area (Å²) in [6.45, 7) is -0.0734. The molecule has 0 aliphatic heterocycles. The Bertz CT molecular complexity index is 691. The van der Waals surface area contributed by atoms with Gasteiger partial charge in [-0.25, -0.2) is 4.39 Å². The molecule has 0 spiro atoms. The number of thiophene rings is 1. The van der Waals surface area contributed by atoms with Gasteiger partial charge in [-0.2, -0.15) is 0 Å². The summed E-state index contributed by atoms with van der Waals surface area (Å²) in [5.41, 5.74) is 0.765. The number of carbonyl (C=O) groups is 2. The van der Waals surface area contributed by atoms with E-state index < -0.39 is 11.9 Å². The summed E-state index contributed by atoms with van der Waals surface area (Å²) in [4.78, 5) is 24.2. The molecule has 0 radical (unpaired) electrons. The largest absolute Gasteiger partial charge is 0.455 e. The molecule has 1 aromatic heterocycles. The number of nitrogens with one attached hydrogen (secondary N) is 1. The lowest BCUT2D eigenvalue weighted by Gasteiger charge is -2.06. The lowest BCUT2D eigenvalue weighted by atomic mass is 10.2. The van der Waals surface area contributed by atoms with Crippen molar-refractivity contribution in [2.45, 2.75) is 12.3 Å². The van der Waals surface area contributed by atoms with Crippen LogP contribution in [0.4, 0.5) is 4.39 Å². The molecule has 0 saturated carbocycles. The first kappa shape index (κ1) is 18.8. The van der Waals surface area contributed by atoms with E-state index in [4.69, 9.17) is 16.3 Å². The molecule has 1 heterocycles. The molecule has 0 atom stereocenters. The number of carbonyl (C=O) groups excluding carboxylic acids is 2. The molecule has 2 rings (SSSR count). The van der Waals surface area contributed by atoms with Crippen LogP contribution in [0.25, 0.3) is 0 Å². The Balaban J connectivity index is 1.58. The smallest absolute Gasteiger partial charge is 0.316 e. The van der Waals surface area contributed by atoms with E-state index in [2.05, 4.69) is 5.32 Å². The number of amides is 1. The minimum Gasteiger partial charge on any atom is -0.455 e. The van der Waals surface area contributed by atoms with Gasteiger partial charge < -0.3 is 10.1 Å². The average Bonchev–Trinajstić information content (AvgIpc) is 2.98. The number of benzene rings is 1. The summed E-state index contributed by atoms with van der Waals surface area (Å²) in [5, 5.41) is 2.60. The number of esters is 1. The Hall–Kier alpha value is -1.57. The van der Waals surface area contributed by atoms with Crippen molar-refractivity contribution >= 4 is 46.6 Å². The molecule has 0 unspecified atom stereocenters. The minimum atomic E-state index is -0.445. The molecule has 0 fully saturated rings.